The van der Waals surface area contributed by atoms with Crippen molar-refractivity contribution in [2.45, 2.75) is 45.1 Å². The van der Waals surface area contributed by atoms with Crippen LogP contribution in [0.2, 0.25) is 0 Å². The van der Waals surface area contributed by atoms with E-state index in [9.17, 15) is 9.59 Å². The Labute approximate surface area is 195 Å². The van der Waals surface area contributed by atoms with Crippen LogP contribution in [0, 0.1) is 0 Å². The Balaban J connectivity index is 1.90. The molecule has 0 aliphatic carbocycles. The van der Waals surface area contributed by atoms with E-state index in [1.165, 1.54) is 5.56 Å². The van der Waals surface area contributed by atoms with Gasteiger partial charge in [0.25, 0.3) is 0 Å². The van der Waals surface area contributed by atoms with Crippen LogP contribution in [0.3, 0.4) is 0 Å². The summed E-state index contributed by atoms with van der Waals surface area (Å²) in [6.45, 7) is 1.98. The summed E-state index contributed by atoms with van der Waals surface area (Å²) in [5, 5.41) is 6.33. The van der Waals surface area contributed by atoms with Gasteiger partial charge in [-0.15, -0.1) is 0 Å². The first kappa shape index (κ1) is 25.7. The molecular weight excluding hydrogens is 422 g/mol. The topological polar surface area (TPSA) is 112 Å². The van der Waals surface area contributed by atoms with Gasteiger partial charge in [-0.3, -0.25) is 4.79 Å². The third-order valence-electron chi connectivity index (χ3n) is 5.08. The number of nitrogens with one attached hydrogen (secondary N) is 1. The van der Waals surface area contributed by atoms with Crippen molar-refractivity contribution in [1.29, 1.82) is 0 Å². The predicted molar refractivity (Wildman–Crippen MR) is 128 cm³/mol. The molecule has 2 aromatic carbocycles. The van der Waals surface area contributed by atoms with E-state index in [2.05, 4.69) is 10.4 Å². The fraction of sp³-hybridized carbons (Fsp3) is 0.400. The van der Waals surface area contributed by atoms with E-state index in [1.807, 2.05) is 36.4 Å². The third kappa shape index (κ3) is 8.84. The van der Waals surface area contributed by atoms with Gasteiger partial charge in [0.2, 0.25) is 5.91 Å². The van der Waals surface area contributed by atoms with Crippen molar-refractivity contribution in [1.82, 2.24) is 5.32 Å². The average Bonchev–Trinajstić information content (AvgIpc) is 2.82. The molecule has 0 aromatic heterocycles. The van der Waals surface area contributed by atoms with Gasteiger partial charge in [-0.2, -0.15) is 5.10 Å². The van der Waals surface area contributed by atoms with Gasteiger partial charge in [0.15, 0.2) is 0 Å². The number of esters is 1. The zero-order chi connectivity index (χ0) is 24.1. The molecule has 3 N–H and O–H groups in total. The van der Waals surface area contributed by atoms with E-state index in [4.69, 9.17) is 20.1 Å². The number of hydrogen-bond donors (Lipinski definition) is 2. The summed E-state index contributed by atoms with van der Waals surface area (Å²) in [7, 11) is 3.12. The Hall–Kier alpha value is -3.55. The van der Waals surface area contributed by atoms with E-state index in [-0.39, 0.29) is 18.9 Å². The number of rotatable bonds is 13. The van der Waals surface area contributed by atoms with Crippen LogP contribution in [0.15, 0.2) is 47.6 Å². The molecule has 0 spiro atoms. The maximum atomic E-state index is 12.5. The summed E-state index contributed by atoms with van der Waals surface area (Å²) in [5.74, 6) is 5.73. The van der Waals surface area contributed by atoms with Gasteiger partial charge in [-0.25, -0.2) is 4.79 Å². The normalized spacial score (nSPS) is 11.7. The molecule has 0 aliphatic rings. The molecule has 2 rings (SSSR count). The molecule has 1 atom stereocenters. The van der Waals surface area contributed by atoms with Crippen molar-refractivity contribution in [3.05, 3.63) is 59.2 Å². The Morgan fingerprint density at radius 2 is 1.70 bits per heavy atom. The SMILES string of the molecule is CCOC(=O)C(Cc1cc(OC)cc(OC)c1)NC(=O)CCCCc1ccc(C=NN)cc1. The van der Waals surface area contributed by atoms with E-state index < -0.39 is 12.0 Å². The van der Waals surface area contributed by atoms with Crippen molar-refractivity contribution >= 4 is 18.1 Å². The van der Waals surface area contributed by atoms with Crippen LogP contribution in [-0.2, 0) is 27.2 Å². The monoisotopic (exact) mass is 455 g/mol. The Morgan fingerprint density at radius 1 is 1.03 bits per heavy atom. The lowest BCUT2D eigenvalue weighted by Crippen LogP contribution is -2.43. The quantitative estimate of drug-likeness (QED) is 0.158. The van der Waals surface area contributed by atoms with Gasteiger partial charge < -0.3 is 25.4 Å². The lowest BCUT2D eigenvalue weighted by Gasteiger charge is -2.18. The minimum Gasteiger partial charge on any atom is -0.497 e. The molecule has 0 bridgehead atoms. The van der Waals surface area contributed by atoms with Crippen molar-refractivity contribution in [3.63, 3.8) is 0 Å². The smallest absolute Gasteiger partial charge is 0.328 e. The number of carbonyl (C=O) groups is 2. The van der Waals surface area contributed by atoms with E-state index >= 15 is 0 Å². The highest BCUT2D eigenvalue weighted by atomic mass is 16.5. The molecule has 1 amide bonds. The Kier molecular flexibility index (Phi) is 10.7. The summed E-state index contributed by atoms with van der Waals surface area (Å²) in [4.78, 5) is 25.0. The summed E-state index contributed by atoms with van der Waals surface area (Å²) in [6, 6.07) is 12.5. The molecule has 2 aromatic rings. The minimum atomic E-state index is -0.786. The number of hydrazone groups is 1. The Morgan fingerprint density at radius 3 is 2.27 bits per heavy atom. The van der Waals surface area contributed by atoms with E-state index in [0.29, 0.717) is 24.3 Å². The van der Waals surface area contributed by atoms with Gasteiger partial charge in [-0.1, -0.05) is 24.3 Å². The van der Waals surface area contributed by atoms with Crippen LogP contribution >= 0.6 is 0 Å². The van der Waals surface area contributed by atoms with Crippen molar-refractivity contribution < 1.29 is 23.8 Å². The first-order valence-corrected chi connectivity index (χ1v) is 11.0. The number of nitrogens with two attached hydrogens (primary N) is 1. The number of unbranched alkanes of at least 4 members (excludes halogenated alkanes) is 1. The van der Waals surface area contributed by atoms with Gasteiger partial charge in [-0.05, 0) is 55.0 Å². The highest BCUT2D eigenvalue weighted by Crippen LogP contribution is 2.23. The van der Waals surface area contributed by atoms with Crippen LogP contribution in [0.5, 0.6) is 11.5 Å². The summed E-state index contributed by atoms with van der Waals surface area (Å²) < 4.78 is 15.8. The molecule has 8 nitrogen and oxygen atoms in total. The summed E-state index contributed by atoms with van der Waals surface area (Å²) in [6.07, 6.45) is 4.62. The second-order valence-corrected chi connectivity index (χ2v) is 7.52. The highest BCUT2D eigenvalue weighted by Gasteiger charge is 2.23. The fourth-order valence-corrected chi connectivity index (χ4v) is 3.39. The molecule has 8 heteroatoms. The molecule has 0 aliphatic heterocycles. The van der Waals surface area contributed by atoms with Crippen LogP contribution in [0.4, 0.5) is 0 Å². The van der Waals surface area contributed by atoms with Crippen molar-refractivity contribution in [2.75, 3.05) is 20.8 Å². The number of hydrogen-bond acceptors (Lipinski definition) is 7. The van der Waals surface area contributed by atoms with Gasteiger partial charge in [0, 0.05) is 18.9 Å². The molecule has 0 radical (unpaired) electrons. The molecule has 178 valence electrons. The zero-order valence-corrected chi connectivity index (χ0v) is 19.5. The van der Waals surface area contributed by atoms with Crippen LogP contribution < -0.4 is 20.6 Å². The second-order valence-electron chi connectivity index (χ2n) is 7.52. The Bertz CT molecular complexity index is 906. The molecule has 0 saturated carbocycles. The standard InChI is InChI=1S/C25H33N3O5/c1-4-33-25(30)23(15-20-13-21(31-2)16-22(14-20)32-3)28-24(29)8-6-5-7-18-9-11-19(12-10-18)17-27-26/h9-14,16-17,23H,4-8,15,26H2,1-3H3,(H,28,29). The van der Waals surface area contributed by atoms with E-state index in [1.54, 1.807) is 33.4 Å². The lowest BCUT2D eigenvalue weighted by atomic mass is 10.0. The molecule has 33 heavy (non-hydrogen) atoms. The van der Waals surface area contributed by atoms with Gasteiger partial charge in [0.05, 0.1) is 27.0 Å². The third-order valence-corrected chi connectivity index (χ3v) is 5.08. The van der Waals surface area contributed by atoms with Crippen LogP contribution in [-0.4, -0.2) is 45.0 Å². The number of nitrogens with zero attached hydrogens (tertiary/aromatic N) is 1. The maximum Gasteiger partial charge on any atom is 0.328 e. The van der Waals surface area contributed by atoms with Gasteiger partial charge >= 0.3 is 5.97 Å². The number of aryl methyl sites for hydroxylation is 1. The molecule has 1 unspecified atom stereocenters. The molecule has 0 heterocycles. The van der Waals surface area contributed by atoms with E-state index in [0.717, 1.165) is 24.0 Å². The number of methoxy groups -OCH3 is 2. The number of amides is 1. The summed E-state index contributed by atoms with van der Waals surface area (Å²) >= 11 is 0. The largest absolute Gasteiger partial charge is 0.497 e. The van der Waals surface area contributed by atoms with Crippen LogP contribution in [0.1, 0.15) is 42.9 Å². The number of benzene rings is 2. The van der Waals surface area contributed by atoms with Crippen molar-refractivity contribution in [3.8, 4) is 11.5 Å². The maximum absolute atomic E-state index is 12.5. The minimum absolute atomic E-state index is 0.183. The highest BCUT2D eigenvalue weighted by molar-refractivity contribution is 5.84. The van der Waals surface area contributed by atoms with Gasteiger partial charge in [0.1, 0.15) is 17.5 Å². The second kappa shape index (κ2) is 13.8. The zero-order valence-electron chi connectivity index (χ0n) is 19.5. The van der Waals surface area contributed by atoms with Crippen molar-refractivity contribution in [2.24, 2.45) is 10.9 Å². The average molecular weight is 456 g/mol. The number of ether oxygens (including phenoxy) is 3. The molecule has 0 fully saturated rings. The first-order chi connectivity index (χ1) is 16.0. The predicted octanol–water partition coefficient (Wildman–Crippen LogP) is 3.00. The molecular formula is C25H33N3O5. The summed E-state index contributed by atoms with van der Waals surface area (Å²) in [5.41, 5.74) is 2.92. The first-order valence-electron chi connectivity index (χ1n) is 11.0. The number of carbonyl (C=O) groups excluding carboxylic acids is 2. The lowest BCUT2D eigenvalue weighted by molar-refractivity contribution is -0.147. The molecule has 0 saturated heterocycles. The van der Waals surface area contributed by atoms with Crippen LogP contribution in [0.25, 0.3) is 0 Å². The fourth-order valence-electron chi connectivity index (χ4n) is 3.39.